The van der Waals surface area contributed by atoms with E-state index >= 15 is 0 Å². The third-order valence-electron chi connectivity index (χ3n) is 4.22. The number of benzene rings is 1. The monoisotopic (exact) mass is 374 g/mol. The van der Waals surface area contributed by atoms with Gasteiger partial charge < -0.3 is 15.0 Å². The Morgan fingerprint density at radius 3 is 2.71 bits per heavy atom. The molecule has 1 aliphatic heterocycles. The Morgan fingerprint density at radius 2 is 2.17 bits per heavy atom. The molecule has 1 saturated heterocycles. The van der Waals surface area contributed by atoms with Gasteiger partial charge in [0.05, 0.1) is 30.8 Å². The Labute approximate surface area is 148 Å². The molecule has 1 aromatic rings. The summed E-state index contributed by atoms with van der Waals surface area (Å²) in [6.45, 7) is 4.28. The van der Waals surface area contributed by atoms with Gasteiger partial charge in [0.2, 0.25) is 5.91 Å². The number of hydrogen-bond donors (Lipinski definition) is 1. The van der Waals surface area contributed by atoms with Crippen molar-refractivity contribution in [1.29, 1.82) is 0 Å². The van der Waals surface area contributed by atoms with Crippen molar-refractivity contribution in [2.45, 2.75) is 26.3 Å². The van der Waals surface area contributed by atoms with E-state index in [1.165, 1.54) is 7.11 Å². The summed E-state index contributed by atoms with van der Waals surface area (Å²) in [5.74, 6) is 0.633. The zero-order valence-electron chi connectivity index (χ0n) is 14.1. The van der Waals surface area contributed by atoms with Crippen LogP contribution in [0.4, 0.5) is 5.69 Å². The third kappa shape index (κ3) is 4.33. The van der Waals surface area contributed by atoms with E-state index in [0.29, 0.717) is 29.4 Å². The Kier molecular flexibility index (Phi) is 5.98. The second kappa shape index (κ2) is 7.61. The van der Waals surface area contributed by atoms with Crippen LogP contribution in [-0.4, -0.2) is 57.0 Å². The molecule has 134 valence electrons. The highest BCUT2D eigenvalue weighted by atomic mass is 35.5. The van der Waals surface area contributed by atoms with E-state index in [4.69, 9.17) is 16.3 Å². The van der Waals surface area contributed by atoms with Crippen LogP contribution in [0.1, 0.15) is 18.9 Å². The number of nitrogens with one attached hydrogen (secondary N) is 1. The summed E-state index contributed by atoms with van der Waals surface area (Å²) in [5, 5.41) is 3.66. The van der Waals surface area contributed by atoms with E-state index < -0.39 is 9.84 Å². The minimum atomic E-state index is -3.02. The third-order valence-corrected chi connectivity index (χ3v) is 6.38. The Hall–Kier alpha value is -1.47. The fraction of sp³-hybridized carbons (Fsp3) is 0.562. The predicted molar refractivity (Wildman–Crippen MR) is 95.7 cm³/mol. The number of amides is 1. The first kappa shape index (κ1) is 18.9. The quantitative estimate of drug-likeness (QED) is 0.825. The maximum absolute atomic E-state index is 12.5. The van der Waals surface area contributed by atoms with Crippen molar-refractivity contribution >= 4 is 33.0 Å². The smallest absolute Gasteiger partial charge is 0.242 e. The van der Waals surface area contributed by atoms with Crippen LogP contribution in [0.2, 0.25) is 5.02 Å². The molecule has 0 spiro atoms. The number of sulfone groups is 1. The number of ether oxygens (including phenoxy) is 1. The maximum atomic E-state index is 12.5. The second-order valence-electron chi connectivity index (χ2n) is 5.89. The van der Waals surface area contributed by atoms with Gasteiger partial charge in [-0.2, -0.15) is 0 Å². The molecule has 0 saturated carbocycles. The summed E-state index contributed by atoms with van der Waals surface area (Å²) in [6.07, 6.45) is 0.505. The van der Waals surface area contributed by atoms with Gasteiger partial charge in [0.25, 0.3) is 0 Å². The fourth-order valence-corrected chi connectivity index (χ4v) is 4.79. The van der Waals surface area contributed by atoms with Gasteiger partial charge in [0.1, 0.15) is 5.75 Å². The van der Waals surface area contributed by atoms with Gasteiger partial charge in [0.15, 0.2) is 9.84 Å². The Morgan fingerprint density at radius 1 is 1.46 bits per heavy atom. The zero-order chi connectivity index (χ0) is 17.9. The van der Waals surface area contributed by atoms with Crippen molar-refractivity contribution in [1.82, 2.24) is 4.90 Å². The second-order valence-corrected chi connectivity index (χ2v) is 8.53. The van der Waals surface area contributed by atoms with E-state index in [-0.39, 0.29) is 30.0 Å². The molecule has 1 N–H and O–H groups in total. The molecule has 6 nitrogen and oxygen atoms in total. The maximum Gasteiger partial charge on any atom is 0.242 e. The van der Waals surface area contributed by atoms with Gasteiger partial charge in [0, 0.05) is 23.7 Å². The van der Waals surface area contributed by atoms with Crippen LogP contribution in [0.15, 0.2) is 12.1 Å². The van der Waals surface area contributed by atoms with Crippen LogP contribution in [0.25, 0.3) is 0 Å². The van der Waals surface area contributed by atoms with E-state index in [2.05, 4.69) is 5.32 Å². The molecule has 1 unspecified atom stereocenters. The standard InChI is InChI=1S/C16H23ClN2O4S/c1-4-19(12-5-6-24(21,22)10-12)16(20)9-18-14-7-11(2)13(17)8-15(14)23-3/h7-8,12,18H,4-6,9-10H2,1-3H3. The number of anilines is 1. The molecule has 1 fully saturated rings. The lowest BCUT2D eigenvalue weighted by Crippen LogP contribution is -2.43. The fourth-order valence-electron chi connectivity index (χ4n) is 2.90. The highest BCUT2D eigenvalue weighted by molar-refractivity contribution is 7.91. The summed E-state index contributed by atoms with van der Waals surface area (Å²) < 4.78 is 28.5. The number of aryl methyl sites for hydroxylation is 1. The molecule has 1 amide bonds. The van der Waals surface area contributed by atoms with Crippen molar-refractivity contribution in [3.63, 3.8) is 0 Å². The zero-order valence-corrected chi connectivity index (χ0v) is 15.7. The predicted octanol–water partition coefficient (Wildman–Crippen LogP) is 2.10. The van der Waals surface area contributed by atoms with Crippen LogP contribution in [-0.2, 0) is 14.6 Å². The molecule has 2 rings (SSSR count). The molecular formula is C16H23ClN2O4S. The van der Waals surface area contributed by atoms with Gasteiger partial charge in [-0.25, -0.2) is 8.42 Å². The van der Waals surface area contributed by atoms with Gasteiger partial charge in [-0.3, -0.25) is 4.79 Å². The first-order valence-corrected chi connectivity index (χ1v) is 10.0. The summed E-state index contributed by atoms with van der Waals surface area (Å²) in [6, 6.07) is 3.29. The average Bonchev–Trinajstić information content (AvgIpc) is 2.88. The number of nitrogens with zero attached hydrogens (tertiary/aromatic N) is 1. The van der Waals surface area contributed by atoms with Crippen LogP contribution in [0.3, 0.4) is 0 Å². The number of likely N-dealkylation sites (N-methyl/N-ethyl adjacent to an activating group) is 1. The van der Waals surface area contributed by atoms with Gasteiger partial charge >= 0.3 is 0 Å². The Bertz CT molecular complexity index is 721. The summed E-state index contributed by atoms with van der Waals surface area (Å²) in [7, 11) is -1.48. The number of hydrogen-bond acceptors (Lipinski definition) is 5. The van der Waals surface area contributed by atoms with E-state index in [9.17, 15) is 13.2 Å². The van der Waals surface area contributed by atoms with Gasteiger partial charge in [-0.1, -0.05) is 11.6 Å². The number of rotatable bonds is 6. The molecule has 0 bridgehead atoms. The molecule has 0 aromatic heterocycles. The topological polar surface area (TPSA) is 75.7 Å². The van der Waals surface area contributed by atoms with Crippen molar-refractivity contribution in [2.75, 3.05) is 37.0 Å². The lowest BCUT2D eigenvalue weighted by molar-refractivity contribution is -0.130. The molecule has 24 heavy (non-hydrogen) atoms. The van der Waals surface area contributed by atoms with E-state index in [1.54, 1.807) is 11.0 Å². The first-order chi connectivity index (χ1) is 11.3. The van der Waals surface area contributed by atoms with E-state index in [0.717, 1.165) is 5.56 Å². The van der Waals surface area contributed by atoms with Gasteiger partial charge in [-0.05, 0) is 31.9 Å². The Balaban J connectivity index is 2.05. The highest BCUT2D eigenvalue weighted by Gasteiger charge is 2.33. The minimum Gasteiger partial charge on any atom is -0.495 e. The number of carbonyl (C=O) groups is 1. The van der Waals surface area contributed by atoms with Crippen molar-refractivity contribution in [3.05, 3.63) is 22.7 Å². The molecule has 1 heterocycles. The molecule has 0 aliphatic carbocycles. The molecule has 8 heteroatoms. The van der Waals surface area contributed by atoms with Crippen LogP contribution in [0.5, 0.6) is 5.75 Å². The van der Waals surface area contributed by atoms with Crippen molar-refractivity contribution in [2.24, 2.45) is 0 Å². The summed E-state index contributed by atoms with van der Waals surface area (Å²) in [4.78, 5) is 14.1. The van der Waals surface area contributed by atoms with E-state index in [1.807, 2.05) is 19.9 Å². The number of carbonyl (C=O) groups excluding carboxylic acids is 1. The lowest BCUT2D eigenvalue weighted by Gasteiger charge is -2.27. The average molecular weight is 375 g/mol. The van der Waals surface area contributed by atoms with Crippen molar-refractivity contribution < 1.29 is 17.9 Å². The minimum absolute atomic E-state index is 0.0515. The van der Waals surface area contributed by atoms with Crippen LogP contribution < -0.4 is 10.1 Å². The molecule has 1 aromatic carbocycles. The van der Waals surface area contributed by atoms with Gasteiger partial charge in [-0.15, -0.1) is 0 Å². The van der Waals surface area contributed by atoms with Crippen molar-refractivity contribution in [3.8, 4) is 5.75 Å². The lowest BCUT2D eigenvalue weighted by atomic mass is 10.2. The number of halogens is 1. The molecule has 1 atom stereocenters. The SMILES string of the molecule is CCN(C(=O)CNc1cc(C)c(Cl)cc1OC)C1CCS(=O)(=O)C1. The summed E-state index contributed by atoms with van der Waals surface area (Å²) in [5.41, 5.74) is 1.56. The summed E-state index contributed by atoms with van der Waals surface area (Å²) >= 11 is 6.07. The highest BCUT2D eigenvalue weighted by Crippen LogP contribution is 2.30. The van der Waals surface area contributed by atoms with Crippen LogP contribution >= 0.6 is 11.6 Å². The molecule has 0 radical (unpaired) electrons. The largest absolute Gasteiger partial charge is 0.495 e. The van der Waals surface area contributed by atoms with Crippen LogP contribution in [0, 0.1) is 6.92 Å². The molecular weight excluding hydrogens is 352 g/mol. The normalized spacial score (nSPS) is 19.1. The first-order valence-electron chi connectivity index (χ1n) is 7.85. The molecule has 1 aliphatic rings. The number of methoxy groups -OCH3 is 1.